The van der Waals surface area contributed by atoms with Crippen LogP contribution in [0.15, 0.2) is 0 Å². The fraction of sp³-hybridized carbons (Fsp3) is 0.875. The van der Waals surface area contributed by atoms with E-state index in [0.717, 1.165) is 25.7 Å². The molecule has 1 aliphatic carbocycles. The number of hydrogen-bond acceptors (Lipinski definition) is 2. The van der Waals surface area contributed by atoms with Gasteiger partial charge in [0.1, 0.15) is 0 Å². The van der Waals surface area contributed by atoms with Gasteiger partial charge in [-0.15, -0.1) is 0 Å². The molecule has 64 valence electrons. The van der Waals surface area contributed by atoms with E-state index >= 15 is 0 Å². The van der Waals surface area contributed by atoms with Crippen LogP contribution in [-0.2, 0) is 4.79 Å². The van der Waals surface area contributed by atoms with Crippen molar-refractivity contribution in [3.63, 3.8) is 0 Å². The van der Waals surface area contributed by atoms with Crippen molar-refractivity contribution >= 4 is 5.97 Å². The third-order valence-electron chi connectivity index (χ3n) is 2.11. The minimum Gasteiger partial charge on any atom is -0.481 e. The van der Waals surface area contributed by atoms with Crippen LogP contribution in [0.25, 0.3) is 0 Å². The highest BCUT2D eigenvalue weighted by atomic mass is 16.4. The summed E-state index contributed by atoms with van der Waals surface area (Å²) < 4.78 is 0. The van der Waals surface area contributed by atoms with Crippen LogP contribution in [0.3, 0.4) is 0 Å². The SMILES string of the molecule is O=C(O)CCCCC1(O)CC1. The van der Waals surface area contributed by atoms with Gasteiger partial charge < -0.3 is 10.2 Å². The fourth-order valence-corrected chi connectivity index (χ4v) is 1.12. The molecule has 3 heteroatoms. The van der Waals surface area contributed by atoms with Crippen LogP contribution in [0, 0.1) is 0 Å². The first-order valence-corrected chi connectivity index (χ1v) is 4.07. The first kappa shape index (κ1) is 8.53. The summed E-state index contributed by atoms with van der Waals surface area (Å²) >= 11 is 0. The lowest BCUT2D eigenvalue weighted by Gasteiger charge is -2.04. The zero-order chi connectivity index (χ0) is 8.32. The first-order valence-electron chi connectivity index (χ1n) is 4.07. The normalized spacial score (nSPS) is 19.7. The molecule has 1 saturated carbocycles. The van der Waals surface area contributed by atoms with Crippen molar-refractivity contribution in [1.29, 1.82) is 0 Å². The van der Waals surface area contributed by atoms with E-state index in [1.54, 1.807) is 0 Å². The molecular formula is C8H14O3. The summed E-state index contributed by atoms with van der Waals surface area (Å²) in [6.45, 7) is 0. The molecule has 3 nitrogen and oxygen atoms in total. The molecule has 0 atom stereocenters. The Balaban J connectivity index is 1.92. The van der Waals surface area contributed by atoms with Crippen molar-refractivity contribution in [1.82, 2.24) is 0 Å². The van der Waals surface area contributed by atoms with Crippen LogP contribution in [-0.4, -0.2) is 21.8 Å². The van der Waals surface area contributed by atoms with Gasteiger partial charge in [-0.05, 0) is 25.7 Å². The molecular weight excluding hydrogens is 144 g/mol. The fourth-order valence-electron chi connectivity index (χ4n) is 1.12. The van der Waals surface area contributed by atoms with E-state index < -0.39 is 11.6 Å². The van der Waals surface area contributed by atoms with E-state index in [4.69, 9.17) is 5.11 Å². The van der Waals surface area contributed by atoms with Crippen molar-refractivity contribution < 1.29 is 15.0 Å². The second-order valence-corrected chi connectivity index (χ2v) is 3.33. The van der Waals surface area contributed by atoms with Crippen molar-refractivity contribution in [2.45, 2.75) is 44.1 Å². The Hall–Kier alpha value is -0.570. The van der Waals surface area contributed by atoms with E-state index in [1.807, 2.05) is 0 Å². The molecule has 0 spiro atoms. The predicted molar refractivity (Wildman–Crippen MR) is 40.3 cm³/mol. The van der Waals surface area contributed by atoms with Gasteiger partial charge in [-0.25, -0.2) is 0 Å². The minimum atomic E-state index is -0.743. The Morgan fingerprint density at radius 1 is 1.36 bits per heavy atom. The number of carboxylic acids is 1. The van der Waals surface area contributed by atoms with Crippen LogP contribution in [0.5, 0.6) is 0 Å². The second-order valence-electron chi connectivity index (χ2n) is 3.33. The molecule has 0 aromatic rings. The van der Waals surface area contributed by atoms with E-state index in [0.29, 0.717) is 6.42 Å². The lowest BCUT2D eigenvalue weighted by Crippen LogP contribution is -2.06. The minimum absolute atomic E-state index is 0.232. The van der Waals surface area contributed by atoms with Crippen molar-refractivity contribution in [2.24, 2.45) is 0 Å². The molecule has 0 heterocycles. The molecule has 11 heavy (non-hydrogen) atoms. The summed E-state index contributed by atoms with van der Waals surface area (Å²) in [5, 5.41) is 17.6. The van der Waals surface area contributed by atoms with E-state index in [-0.39, 0.29) is 6.42 Å². The first-order chi connectivity index (χ1) is 5.12. The summed E-state index contributed by atoms with van der Waals surface area (Å²) in [6.07, 6.45) is 4.34. The average molecular weight is 158 g/mol. The van der Waals surface area contributed by atoms with Gasteiger partial charge in [-0.3, -0.25) is 4.79 Å². The number of aliphatic hydroxyl groups is 1. The van der Waals surface area contributed by atoms with Gasteiger partial charge in [0.05, 0.1) is 5.60 Å². The molecule has 0 aromatic heterocycles. The standard InChI is InChI=1S/C8H14O3/c9-7(10)3-1-2-4-8(11)5-6-8/h11H,1-6H2,(H,9,10). The molecule has 0 bridgehead atoms. The zero-order valence-electron chi connectivity index (χ0n) is 6.55. The van der Waals surface area contributed by atoms with E-state index in [2.05, 4.69) is 0 Å². The molecule has 1 fully saturated rings. The lowest BCUT2D eigenvalue weighted by molar-refractivity contribution is -0.137. The van der Waals surface area contributed by atoms with Crippen LogP contribution >= 0.6 is 0 Å². The monoisotopic (exact) mass is 158 g/mol. The van der Waals surface area contributed by atoms with Gasteiger partial charge in [0.25, 0.3) is 0 Å². The van der Waals surface area contributed by atoms with E-state index in [9.17, 15) is 9.90 Å². The molecule has 2 N–H and O–H groups in total. The Bertz CT molecular complexity index is 149. The number of carboxylic acid groups (broad SMARTS) is 1. The summed E-state index contributed by atoms with van der Waals surface area (Å²) in [5.41, 5.74) is -0.404. The quantitative estimate of drug-likeness (QED) is 0.590. The molecule has 1 rings (SSSR count). The van der Waals surface area contributed by atoms with Crippen LogP contribution in [0.4, 0.5) is 0 Å². The van der Waals surface area contributed by atoms with Crippen molar-refractivity contribution in [2.75, 3.05) is 0 Å². The number of rotatable bonds is 5. The average Bonchev–Trinajstić information content (AvgIpc) is 2.62. The molecule has 0 aromatic carbocycles. The van der Waals surface area contributed by atoms with Gasteiger partial charge in [0, 0.05) is 6.42 Å². The maximum absolute atomic E-state index is 10.1. The van der Waals surface area contributed by atoms with Gasteiger partial charge in [0.2, 0.25) is 0 Å². The van der Waals surface area contributed by atoms with Crippen LogP contribution in [0.2, 0.25) is 0 Å². The van der Waals surface area contributed by atoms with Gasteiger partial charge in [0.15, 0.2) is 0 Å². The summed E-state index contributed by atoms with van der Waals surface area (Å²) in [5.74, 6) is -0.743. The molecule has 0 aliphatic heterocycles. The van der Waals surface area contributed by atoms with Crippen molar-refractivity contribution in [3.05, 3.63) is 0 Å². The number of aliphatic carboxylic acids is 1. The van der Waals surface area contributed by atoms with Crippen LogP contribution in [0.1, 0.15) is 38.5 Å². The Labute approximate surface area is 66.0 Å². The maximum atomic E-state index is 10.1. The third-order valence-corrected chi connectivity index (χ3v) is 2.11. The van der Waals surface area contributed by atoms with E-state index in [1.165, 1.54) is 0 Å². The van der Waals surface area contributed by atoms with Crippen molar-refractivity contribution in [3.8, 4) is 0 Å². The third kappa shape index (κ3) is 3.37. The highest BCUT2D eigenvalue weighted by Gasteiger charge is 2.39. The largest absolute Gasteiger partial charge is 0.481 e. The Kier molecular flexibility index (Phi) is 2.49. The summed E-state index contributed by atoms with van der Waals surface area (Å²) in [4.78, 5) is 10.1. The summed E-state index contributed by atoms with van der Waals surface area (Å²) in [7, 11) is 0. The molecule has 0 unspecified atom stereocenters. The molecule has 0 amide bonds. The Morgan fingerprint density at radius 3 is 2.45 bits per heavy atom. The molecule has 1 aliphatic rings. The van der Waals surface area contributed by atoms with Gasteiger partial charge in [-0.1, -0.05) is 6.42 Å². The molecule has 0 radical (unpaired) electrons. The summed E-state index contributed by atoms with van der Waals surface area (Å²) in [6, 6.07) is 0. The van der Waals surface area contributed by atoms with Crippen LogP contribution < -0.4 is 0 Å². The highest BCUT2D eigenvalue weighted by molar-refractivity contribution is 5.66. The van der Waals surface area contributed by atoms with Gasteiger partial charge >= 0.3 is 5.97 Å². The smallest absolute Gasteiger partial charge is 0.303 e. The second kappa shape index (κ2) is 3.22. The Morgan fingerprint density at radius 2 is 2.00 bits per heavy atom. The maximum Gasteiger partial charge on any atom is 0.303 e. The predicted octanol–water partition coefficient (Wildman–Crippen LogP) is 1.16. The van der Waals surface area contributed by atoms with Gasteiger partial charge in [-0.2, -0.15) is 0 Å². The molecule has 0 saturated heterocycles. The zero-order valence-corrected chi connectivity index (χ0v) is 6.55. The number of hydrogen-bond donors (Lipinski definition) is 2. The highest BCUT2D eigenvalue weighted by Crippen LogP contribution is 2.39. The topological polar surface area (TPSA) is 57.5 Å². The number of unbranched alkanes of at least 4 members (excludes halogenated alkanes) is 1. The number of carbonyl (C=O) groups is 1. The lowest BCUT2D eigenvalue weighted by atomic mass is 10.1.